The van der Waals surface area contributed by atoms with Crippen molar-refractivity contribution in [2.45, 2.75) is 6.54 Å². The van der Waals surface area contributed by atoms with Gasteiger partial charge in [-0.05, 0) is 65.4 Å². The summed E-state index contributed by atoms with van der Waals surface area (Å²) in [5, 5.41) is 0.237. The SMILES string of the molecule is COc1cc(/C=C2\SC(=O)N(Cc3ccc(Cl)cc3)C2=O)ccc1OC(=O)c1ccccc1. The first-order valence-electron chi connectivity index (χ1n) is 9.89. The van der Waals surface area contributed by atoms with Crippen LogP contribution in [-0.4, -0.2) is 29.1 Å². The van der Waals surface area contributed by atoms with Crippen molar-refractivity contribution >= 4 is 46.6 Å². The minimum absolute atomic E-state index is 0.164. The summed E-state index contributed by atoms with van der Waals surface area (Å²) >= 11 is 6.77. The number of methoxy groups -OCH3 is 1. The van der Waals surface area contributed by atoms with Crippen molar-refractivity contribution in [3.63, 3.8) is 0 Å². The van der Waals surface area contributed by atoms with E-state index in [1.165, 1.54) is 12.0 Å². The Morgan fingerprint density at radius 1 is 1.00 bits per heavy atom. The van der Waals surface area contributed by atoms with Gasteiger partial charge >= 0.3 is 5.97 Å². The lowest BCUT2D eigenvalue weighted by molar-refractivity contribution is -0.123. The zero-order chi connectivity index (χ0) is 23.4. The maximum absolute atomic E-state index is 12.8. The van der Waals surface area contributed by atoms with Gasteiger partial charge in [0, 0.05) is 5.02 Å². The molecule has 6 nitrogen and oxygen atoms in total. The number of imide groups is 1. The molecular formula is C25H18ClNO5S. The fourth-order valence-corrected chi connectivity index (χ4v) is 4.12. The lowest BCUT2D eigenvalue weighted by atomic mass is 10.1. The Morgan fingerprint density at radius 3 is 2.42 bits per heavy atom. The number of amides is 2. The second kappa shape index (κ2) is 9.94. The molecule has 0 aromatic heterocycles. The Labute approximate surface area is 199 Å². The molecule has 33 heavy (non-hydrogen) atoms. The second-order valence-corrected chi connectivity index (χ2v) is 8.49. The predicted octanol–water partition coefficient (Wildman–Crippen LogP) is 5.80. The summed E-state index contributed by atoms with van der Waals surface area (Å²) in [6.45, 7) is 0.164. The van der Waals surface area contributed by atoms with Crippen LogP contribution in [0.1, 0.15) is 21.5 Å². The molecule has 0 saturated carbocycles. The molecule has 0 atom stereocenters. The number of ether oxygens (including phenoxy) is 2. The predicted molar refractivity (Wildman–Crippen MR) is 127 cm³/mol. The fourth-order valence-electron chi connectivity index (χ4n) is 3.15. The summed E-state index contributed by atoms with van der Waals surface area (Å²) in [5.41, 5.74) is 1.84. The molecule has 0 N–H and O–H groups in total. The van der Waals surface area contributed by atoms with E-state index in [9.17, 15) is 14.4 Å². The summed E-state index contributed by atoms with van der Waals surface area (Å²) < 4.78 is 10.8. The number of carbonyl (C=O) groups is 3. The van der Waals surface area contributed by atoms with Gasteiger partial charge in [0.15, 0.2) is 11.5 Å². The number of nitrogens with zero attached hydrogens (tertiary/aromatic N) is 1. The van der Waals surface area contributed by atoms with E-state index in [-0.39, 0.29) is 23.4 Å². The van der Waals surface area contributed by atoms with Gasteiger partial charge in [0.1, 0.15) is 0 Å². The Hall–Kier alpha value is -3.55. The lowest BCUT2D eigenvalue weighted by Gasteiger charge is -2.12. The number of hydrogen-bond acceptors (Lipinski definition) is 6. The van der Waals surface area contributed by atoms with Crippen molar-refractivity contribution in [1.29, 1.82) is 0 Å². The molecule has 0 unspecified atom stereocenters. The van der Waals surface area contributed by atoms with E-state index in [1.54, 1.807) is 72.8 Å². The lowest BCUT2D eigenvalue weighted by Crippen LogP contribution is -2.27. The van der Waals surface area contributed by atoms with E-state index >= 15 is 0 Å². The maximum atomic E-state index is 12.8. The van der Waals surface area contributed by atoms with Crippen LogP contribution in [0.2, 0.25) is 5.02 Å². The van der Waals surface area contributed by atoms with Crippen molar-refractivity contribution in [2.24, 2.45) is 0 Å². The van der Waals surface area contributed by atoms with Crippen LogP contribution in [0.15, 0.2) is 77.7 Å². The van der Waals surface area contributed by atoms with E-state index in [1.807, 2.05) is 6.07 Å². The van der Waals surface area contributed by atoms with Crippen molar-refractivity contribution in [2.75, 3.05) is 7.11 Å². The van der Waals surface area contributed by atoms with E-state index in [0.717, 1.165) is 17.3 Å². The van der Waals surface area contributed by atoms with Gasteiger partial charge in [-0.1, -0.05) is 48.0 Å². The zero-order valence-corrected chi connectivity index (χ0v) is 19.1. The Morgan fingerprint density at radius 2 is 1.73 bits per heavy atom. The van der Waals surface area contributed by atoms with Crippen LogP contribution < -0.4 is 9.47 Å². The highest BCUT2D eigenvalue weighted by Crippen LogP contribution is 2.35. The largest absolute Gasteiger partial charge is 0.493 e. The molecule has 3 aromatic carbocycles. The van der Waals surface area contributed by atoms with E-state index in [4.69, 9.17) is 21.1 Å². The van der Waals surface area contributed by atoms with Crippen LogP contribution in [0.3, 0.4) is 0 Å². The monoisotopic (exact) mass is 479 g/mol. The number of benzene rings is 3. The summed E-state index contributed by atoms with van der Waals surface area (Å²) in [6, 6.07) is 20.5. The van der Waals surface area contributed by atoms with Gasteiger partial charge in [0.25, 0.3) is 11.1 Å². The molecule has 1 aliphatic rings. The average molecular weight is 480 g/mol. The van der Waals surface area contributed by atoms with Crippen LogP contribution in [0.4, 0.5) is 4.79 Å². The molecule has 166 valence electrons. The molecule has 3 aromatic rings. The molecule has 2 amide bonds. The van der Waals surface area contributed by atoms with E-state index in [0.29, 0.717) is 26.8 Å². The highest BCUT2D eigenvalue weighted by atomic mass is 35.5. The molecule has 0 bridgehead atoms. The zero-order valence-electron chi connectivity index (χ0n) is 17.5. The third kappa shape index (κ3) is 5.27. The molecule has 1 aliphatic heterocycles. The van der Waals surface area contributed by atoms with Crippen LogP contribution in [0.5, 0.6) is 11.5 Å². The number of esters is 1. The Bertz CT molecular complexity index is 1240. The van der Waals surface area contributed by atoms with Crippen molar-refractivity contribution < 1.29 is 23.9 Å². The third-order valence-corrected chi connectivity index (χ3v) is 5.98. The number of carbonyl (C=O) groups excluding carboxylic acids is 3. The van der Waals surface area contributed by atoms with Crippen molar-refractivity contribution in [3.05, 3.63) is 99.4 Å². The second-order valence-electron chi connectivity index (χ2n) is 7.06. The first-order chi connectivity index (χ1) is 15.9. The van der Waals surface area contributed by atoms with Gasteiger partial charge in [0.05, 0.1) is 24.1 Å². The minimum atomic E-state index is -0.509. The Balaban J connectivity index is 1.51. The smallest absolute Gasteiger partial charge is 0.343 e. The first-order valence-corrected chi connectivity index (χ1v) is 11.1. The quantitative estimate of drug-likeness (QED) is 0.252. The van der Waals surface area contributed by atoms with Gasteiger partial charge in [-0.3, -0.25) is 14.5 Å². The average Bonchev–Trinajstić information content (AvgIpc) is 3.09. The molecule has 8 heteroatoms. The van der Waals surface area contributed by atoms with Gasteiger partial charge in [-0.15, -0.1) is 0 Å². The highest BCUT2D eigenvalue weighted by Gasteiger charge is 2.35. The Kier molecular flexibility index (Phi) is 6.82. The van der Waals surface area contributed by atoms with E-state index in [2.05, 4.69) is 0 Å². The van der Waals surface area contributed by atoms with Crippen LogP contribution in [0.25, 0.3) is 6.08 Å². The van der Waals surface area contributed by atoms with Gasteiger partial charge in [-0.25, -0.2) is 4.79 Å². The number of thioether (sulfide) groups is 1. The minimum Gasteiger partial charge on any atom is -0.493 e. The van der Waals surface area contributed by atoms with Crippen LogP contribution >= 0.6 is 23.4 Å². The van der Waals surface area contributed by atoms with Crippen LogP contribution in [0, 0.1) is 0 Å². The maximum Gasteiger partial charge on any atom is 0.343 e. The topological polar surface area (TPSA) is 72.9 Å². The number of halogens is 1. The van der Waals surface area contributed by atoms with Gasteiger partial charge < -0.3 is 9.47 Å². The molecule has 0 spiro atoms. The molecule has 1 saturated heterocycles. The number of hydrogen-bond donors (Lipinski definition) is 0. The summed E-state index contributed by atoms with van der Waals surface area (Å²) in [7, 11) is 1.46. The molecule has 0 aliphatic carbocycles. The van der Waals surface area contributed by atoms with Gasteiger partial charge in [0.2, 0.25) is 0 Å². The summed E-state index contributed by atoms with van der Waals surface area (Å²) in [6.07, 6.45) is 1.61. The third-order valence-electron chi connectivity index (χ3n) is 4.83. The molecule has 1 fully saturated rings. The standard InChI is InChI=1S/C25H18ClNO5S/c1-31-21-13-17(9-12-20(21)32-24(29)18-5-3-2-4-6-18)14-22-23(28)27(25(30)33-22)15-16-7-10-19(26)11-8-16/h2-14H,15H2,1H3/b22-14-. The van der Waals surface area contributed by atoms with E-state index < -0.39 is 5.97 Å². The highest BCUT2D eigenvalue weighted by molar-refractivity contribution is 8.18. The van der Waals surface area contributed by atoms with Crippen molar-refractivity contribution in [1.82, 2.24) is 4.90 Å². The normalized spacial score (nSPS) is 14.6. The first kappa shape index (κ1) is 22.6. The molecular weight excluding hydrogens is 462 g/mol. The fraction of sp³-hybridized carbons (Fsp3) is 0.0800. The van der Waals surface area contributed by atoms with Crippen LogP contribution in [-0.2, 0) is 11.3 Å². The molecule has 4 rings (SSSR count). The molecule has 0 radical (unpaired) electrons. The summed E-state index contributed by atoms with van der Waals surface area (Å²) in [4.78, 5) is 39.0. The summed E-state index contributed by atoms with van der Waals surface area (Å²) in [5.74, 6) is -0.309. The molecule has 1 heterocycles. The van der Waals surface area contributed by atoms with Crippen molar-refractivity contribution in [3.8, 4) is 11.5 Å². The van der Waals surface area contributed by atoms with Gasteiger partial charge in [-0.2, -0.15) is 0 Å². The number of rotatable bonds is 6.